The summed E-state index contributed by atoms with van der Waals surface area (Å²) in [6, 6.07) is 61.7. The van der Waals surface area contributed by atoms with E-state index in [2.05, 4.69) is 181 Å². The zero-order chi connectivity index (χ0) is 35.9. The fourth-order valence-corrected chi connectivity index (χ4v) is 9.83. The molecule has 0 saturated carbocycles. The smallest absolute Gasteiger partial charge is 0.0625 e. The molecular weight excluding hydrogens is 653 g/mol. The highest BCUT2D eigenvalue weighted by Gasteiger charge is 2.27. The lowest BCUT2D eigenvalue weighted by Crippen LogP contribution is -2.18. The van der Waals surface area contributed by atoms with Crippen LogP contribution in [0.2, 0.25) is 0 Å². The number of rotatable bonds is 4. The minimum absolute atomic E-state index is 0.469. The Balaban J connectivity index is 1.20. The van der Waals surface area contributed by atoms with Crippen molar-refractivity contribution in [2.45, 2.75) is 25.7 Å². The van der Waals surface area contributed by atoms with Crippen LogP contribution in [-0.4, -0.2) is 11.6 Å². The summed E-state index contributed by atoms with van der Waals surface area (Å²) in [5.74, 6) is 0.974. The number of fused-ring (bicyclic) bond motifs is 7. The molecule has 1 aliphatic rings. The molecule has 1 aromatic heterocycles. The maximum absolute atomic E-state index is 3.40. The molecule has 10 aromatic rings. The Hall–Kier alpha value is -6.38. The van der Waals surface area contributed by atoms with Gasteiger partial charge >= 0.3 is 0 Å². The van der Waals surface area contributed by atoms with Crippen molar-refractivity contribution in [3.63, 3.8) is 0 Å². The van der Waals surface area contributed by atoms with E-state index in [0.717, 1.165) is 24.2 Å². The molecule has 2 unspecified atom stereocenters. The minimum atomic E-state index is 0.469. The summed E-state index contributed by atoms with van der Waals surface area (Å²) in [4.78, 5) is 0. The molecule has 0 amide bonds. The van der Waals surface area contributed by atoms with Crippen LogP contribution < -0.4 is 5.32 Å². The third kappa shape index (κ3) is 4.66. The van der Waals surface area contributed by atoms with Crippen LogP contribution in [0.4, 0.5) is 5.69 Å². The molecule has 0 fully saturated rings. The average molecular weight is 693 g/mol. The van der Waals surface area contributed by atoms with E-state index in [1.54, 1.807) is 0 Å². The minimum Gasteiger partial charge on any atom is -0.388 e. The summed E-state index contributed by atoms with van der Waals surface area (Å²) in [5.41, 5.74) is 14.3. The normalized spacial score (nSPS) is 15.8. The predicted molar refractivity (Wildman–Crippen MR) is 231 cm³/mol. The number of hydrogen-bond acceptors (Lipinski definition) is 1. The van der Waals surface area contributed by atoms with Crippen LogP contribution in [0.1, 0.15) is 29.5 Å². The molecule has 54 heavy (non-hydrogen) atoms. The molecule has 2 atom stereocenters. The van der Waals surface area contributed by atoms with Crippen molar-refractivity contribution >= 4 is 59.8 Å². The Morgan fingerprint density at radius 3 is 2.06 bits per heavy atom. The van der Waals surface area contributed by atoms with E-state index in [-0.39, 0.29) is 0 Å². The number of nitrogens with one attached hydrogen (secondary N) is 1. The third-order valence-electron chi connectivity index (χ3n) is 12.4. The van der Waals surface area contributed by atoms with E-state index in [4.69, 9.17) is 0 Å². The number of aromatic nitrogens is 1. The van der Waals surface area contributed by atoms with Gasteiger partial charge in [-0.05, 0) is 133 Å². The lowest BCUT2D eigenvalue weighted by molar-refractivity contribution is 0.451. The van der Waals surface area contributed by atoms with Gasteiger partial charge in [0.05, 0.1) is 11.0 Å². The molecular formula is C52H40N2. The first-order valence-corrected chi connectivity index (χ1v) is 19.3. The van der Waals surface area contributed by atoms with Gasteiger partial charge in [-0.15, -0.1) is 0 Å². The molecule has 1 N–H and O–H groups in total. The van der Waals surface area contributed by atoms with Crippen molar-refractivity contribution < 1.29 is 0 Å². The van der Waals surface area contributed by atoms with Gasteiger partial charge in [0.15, 0.2) is 0 Å². The van der Waals surface area contributed by atoms with E-state index in [0.29, 0.717) is 11.8 Å². The first-order valence-electron chi connectivity index (χ1n) is 19.3. The standard InChI is InChI=1S/C52H40N2/c1-32-26-37-22-23-38(30-46(37)41-19-9-8-16-36(41)29-45(32)33-12-4-3-5-13-33)42-24-25-44-48-28-35-15-7-6-14-34(35)27-47(48)43-20-11-21-49-50(43)51(44)52(42)54(49)40-18-10-17-39(31-40)53-2/h3-25,27-28,30-32,45,53H,26,29H2,1-2H3. The van der Waals surface area contributed by atoms with Crippen LogP contribution in [0.5, 0.6) is 0 Å². The quantitative estimate of drug-likeness (QED) is 0.143. The van der Waals surface area contributed by atoms with Crippen LogP contribution >= 0.6 is 0 Å². The summed E-state index contributed by atoms with van der Waals surface area (Å²) < 4.78 is 2.52. The fraction of sp³-hybridized carbons (Fsp3) is 0.115. The van der Waals surface area contributed by atoms with E-state index < -0.39 is 0 Å². The Morgan fingerprint density at radius 2 is 1.24 bits per heavy atom. The summed E-state index contributed by atoms with van der Waals surface area (Å²) in [6.45, 7) is 2.44. The van der Waals surface area contributed by atoms with Gasteiger partial charge in [-0.2, -0.15) is 0 Å². The molecule has 1 aliphatic carbocycles. The van der Waals surface area contributed by atoms with Gasteiger partial charge in [0, 0.05) is 34.8 Å². The average Bonchev–Trinajstić information content (AvgIpc) is 3.58. The second kappa shape index (κ2) is 12.1. The van der Waals surface area contributed by atoms with Gasteiger partial charge in [-0.1, -0.05) is 128 Å². The lowest BCUT2D eigenvalue weighted by atomic mass is 9.74. The van der Waals surface area contributed by atoms with Gasteiger partial charge in [0.1, 0.15) is 0 Å². The first kappa shape index (κ1) is 31.2. The fourth-order valence-electron chi connectivity index (χ4n) is 9.83. The van der Waals surface area contributed by atoms with Gasteiger partial charge in [0.2, 0.25) is 0 Å². The van der Waals surface area contributed by atoms with Crippen LogP contribution in [0.25, 0.3) is 82.1 Å². The largest absolute Gasteiger partial charge is 0.388 e. The molecule has 1 heterocycles. The van der Waals surface area contributed by atoms with E-state index in [1.165, 1.54) is 93.1 Å². The monoisotopic (exact) mass is 692 g/mol. The summed E-state index contributed by atoms with van der Waals surface area (Å²) in [5, 5.41) is 13.8. The van der Waals surface area contributed by atoms with E-state index >= 15 is 0 Å². The first-order chi connectivity index (χ1) is 26.6. The van der Waals surface area contributed by atoms with Crippen molar-refractivity contribution in [3.05, 3.63) is 180 Å². The number of anilines is 1. The number of benzene rings is 9. The van der Waals surface area contributed by atoms with Crippen LogP contribution in [0.3, 0.4) is 0 Å². The van der Waals surface area contributed by atoms with Gasteiger partial charge < -0.3 is 9.88 Å². The predicted octanol–water partition coefficient (Wildman–Crippen LogP) is 13.6. The molecule has 2 nitrogen and oxygen atoms in total. The summed E-state index contributed by atoms with van der Waals surface area (Å²) in [6.07, 6.45) is 2.08. The molecule has 0 saturated heterocycles. The molecule has 0 spiro atoms. The highest BCUT2D eigenvalue weighted by Crippen LogP contribution is 2.49. The van der Waals surface area contributed by atoms with Crippen LogP contribution in [0.15, 0.2) is 164 Å². The third-order valence-corrected chi connectivity index (χ3v) is 12.4. The molecule has 258 valence electrons. The summed E-state index contributed by atoms with van der Waals surface area (Å²) in [7, 11) is 2.00. The lowest BCUT2D eigenvalue weighted by Gasteiger charge is -2.30. The molecule has 0 aliphatic heterocycles. The Labute approximate surface area is 315 Å². The number of nitrogens with zero attached hydrogens (tertiary/aromatic N) is 1. The van der Waals surface area contributed by atoms with Crippen molar-refractivity contribution in [1.82, 2.24) is 4.57 Å². The van der Waals surface area contributed by atoms with Crippen molar-refractivity contribution in [2.24, 2.45) is 5.92 Å². The molecule has 2 heteroatoms. The SMILES string of the molecule is CNc1cccc(-n2c3cccc4c5cc6ccccc6cc5c5ccc(-c6ccc7c(c6)-c6ccccc6CC(c6ccccc6)C(C)C7)c2c5c43)c1. The van der Waals surface area contributed by atoms with Gasteiger partial charge in [0.25, 0.3) is 0 Å². The maximum Gasteiger partial charge on any atom is 0.0625 e. The van der Waals surface area contributed by atoms with Crippen LogP contribution in [0, 0.1) is 5.92 Å². The molecule has 11 rings (SSSR count). The zero-order valence-corrected chi connectivity index (χ0v) is 30.6. The highest BCUT2D eigenvalue weighted by atomic mass is 15.0. The number of hydrogen-bond donors (Lipinski definition) is 1. The van der Waals surface area contributed by atoms with Crippen LogP contribution in [-0.2, 0) is 12.8 Å². The summed E-state index contributed by atoms with van der Waals surface area (Å²) >= 11 is 0. The maximum atomic E-state index is 3.40. The second-order valence-electron chi connectivity index (χ2n) is 15.4. The van der Waals surface area contributed by atoms with Crippen molar-refractivity contribution in [2.75, 3.05) is 12.4 Å². The van der Waals surface area contributed by atoms with Gasteiger partial charge in [-0.3, -0.25) is 0 Å². The topological polar surface area (TPSA) is 17.0 Å². The molecule has 0 radical (unpaired) electrons. The van der Waals surface area contributed by atoms with Crippen molar-refractivity contribution in [1.29, 1.82) is 0 Å². The van der Waals surface area contributed by atoms with Gasteiger partial charge in [-0.25, -0.2) is 0 Å². The van der Waals surface area contributed by atoms with E-state index in [1.807, 2.05) is 7.05 Å². The Kier molecular flexibility index (Phi) is 6.97. The second-order valence-corrected chi connectivity index (χ2v) is 15.4. The Morgan fingerprint density at radius 1 is 0.519 bits per heavy atom. The molecule has 9 aromatic carbocycles. The highest BCUT2D eigenvalue weighted by molar-refractivity contribution is 6.36. The zero-order valence-electron chi connectivity index (χ0n) is 30.6. The van der Waals surface area contributed by atoms with E-state index in [9.17, 15) is 0 Å². The van der Waals surface area contributed by atoms with Crippen molar-refractivity contribution in [3.8, 4) is 27.9 Å². The molecule has 0 bridgehead atoms. The Bertz CT molecular complexity index is 3060.